The van der Waals surface area contributed by atoms with Gasteiger partial charge in [-0.15, -0.1) is 0 Å². The highest BCUT2D eigenvalue weighted by Crippen LogP contribution is 2.15. The second-order valence-corrected chi connectivity index (χ2v) is 19.5. The van der Waals surface area contributed by atoms with Crippen LogP contribution in [-0.2, 0) is 28.6 Å². The lowest BCUT2D eigenvalue weighted by Gasteiger charge is -2.18. The Labute approximate surface area is 438 Å². The Kier molecular flexibility index (Phi) is 55.9. The topological polar surface area (TPSA) is 78.9 Å². The van der Waals surface area contributed by atoms with E-state index in [1.807, 2.05) is 0 Å². The summed E-state index contributed by atoms with van der Waals surface area (Å²) in [7, 11) is 0. The fourth-order valence-electron chi connectivity index (χ4n) is 8.12. The number of hydrogen-bond donors (Lipinski definition) is 0. The number of allylic oxidation sites excluding steroid dienone is 16. The van der Waals surface area contributed by atoms with E-state index in [1.165, 1.54) is 122 Å². The molecule has 0 aromatic rings. The Hall–Kier alpha value is -3.67. The average Bonchev–Trinajstić information content (AvgIpc) is 3.37. The summed E-state index contributed by atoms with van der Waals surface area (Å²) in [6, 6.07) is 0. The van der Waals surface area contributed by atoms with E-state index < -0.39 is 6.10 Å². The minimum Gasteiger partial charge on any atom is -0.462 e. The summed E-state index contributed by atoms with van der Waals surface area (Å²) in [5, 5.41) is 0. The van der Waals surface area contributed by atoms with Gasteiger partial charge in [-0.25, -0.2) is 0 Å². The number of ether oxygens (including phenoxy) is 3. The van der Waals surface area contributed by atoms with E-state index >= 15 is 0 Å². The first kappa shape index (κ1) is 67.3. The molecule has 0 aliphatic heterocycles. The van der Waals surface area contributed by atoms with Gasteiger partial charge >= 0.3 is 17.9 Å². The van der Waals surface area contributed by atoms with Gasteiger partial charge in [0.2, 0.25) is 0 Å². The predicted octanol–water partition coefficient (Wildman–Crippen LogP) is 20.1. The third-order valence-corrected chi connectivity index (χ3v) is 12.6. The maximum Gasteiger partial charge on any atom is 0.306 e. The zero-order valence-corrected chi connectivity index (χ0v) is 46.5. The van der Waals surface area contributed by atoms with Crippen LogP contribution < -0.4 is 0 Å². The maximum absolute atomic E-state index is 12.8. The SMILES string of the molecule is CC/C=C\C/C=C\C/C=C\C/C=C\C/C=C\C/C=C\CCCCCCCCC(=O)OCC(COC(=O)CCCCCCCCC)OC(=O)CCCCCCCCCCC/C=C\C/C=C\CCCCCCC. The minimum absolute atomic E-state index is 0.0835. The van der Waals surface area contributed by atoms with Gasteiger partial charge in [-0.1, -0.05) is 253 Å². The molecule has 0 heterocycles. The summed E-state index contributed by atoms with van der Waals surface area (Å²) in [5.41, 5.74) is 0. The van der Waals surface area contributed by atoms with Crippen molar-refractivity contribution in [2.75, 3.05) is 13.2 Å². The molecule has 1 unspecified atom stereocenters. The summed E-state index contributed by atoms with van der Waals surface area (Å²) in [5.74, 6) is -0.906. The van der Waals surface area contributed by atoms with Gasteiger partial charge in [-0.3, -0.25) is 14.4 Å². The monoisotopic (exact) mass is 987 g/mol. The molecule has 0 saturated heterocycles. The van der Waals surface area contributed by atoms with Crippen LogP contribution in [0, 0.1) is 0 Å². The highest BCUT2D eigenvalue weighted by Gasteiger charge is 2.19. The average molecular weight is 988 g/mol. The van der Waals surface area contributed by atoms with Crippen LogP contribution in [0.25, 0.3) is 0 Å². The van der Waals surface area contributed by atoms with E-state index in [9.17, 15) is 14.4 Å². The molecule has 6 heteroatoms. The number of rotatable bonds is 53. The third-order valence-electron chi connectivity index (χ3n) is 12.6. The van der Waals surface area contributed by atoms with E-state index in [2.05, 4.69) is 118 Å². The molecule has 0 aromatic carbocycles. The van der Waals surface area contributed by atoms with Crippen LogP contribution in [0.2, 0.25) is 0 Å². The van der Waals surface area contributed by atoms with E-state index in [0.29, 0.717) is 19.3 Å². The Bertz CT molecular complexity index is 1410. The molecular formula is C65H110O6. The van der Waals surface area contributed by atoms with E-state index in [1.54, 1.807) is 0 Å². The fraction of sp³-hybridized carbons (Fsp3) is 0.708. The third kappa shape index (κ3) is 57.1. The molecule has 0 amide bonds. The number of unbranched alkanes of at least 4 members (excludes halogenated alkanes) is 26. The summed E-state index contributed by atoms with van der Waals surface area (Å²) in [6.45, 7) is 6.47. The Morgan fingerprint density at radius 3 is 0.859 bits per heavy atom. The molecule has 0 spiro atoms. The van der Waals surface area contributed by atoms with Gasteiger partial charge in [0.05, 0.1) is 0 Å². The van der Waals surface area contributed by atoms with Crippen molar-refractivity contribution in [1.82, 2.24) is 0 Å². The van der Waals surface area contributed by atoms with E-state index in [0.717, 1.165) is 116 Å². The quantitative estimate of drug-likeness (QED) is 0.0261. The van der Waals surface area contributed by atoms with E-state index in [-0.39, 0.29) is 31.1 Å². The summed E-state index contributed by atoms with van der Waals surface area (Å²) in [6.07, 6.45) is 78.5. The summed E-state index contributed by atoms with van der Waals surface area (Å²) >= 11 is 0. The molecule has 0 aliphatic rings. The molecule has 0 N–H and O–H groups in total. The molecule has 71 heavy (non-hydrogen) atoms. The van der Waals surface area contributed by atoms with Crippen LogP contribution in [0.15, 0.2) is 97.2 Å². The van der Waals surface area contributed by atoms with Crippen LogP contribution in [-0.4, -0.2) is 37.2 Å². The largest absolute Gasteiger partial charge is 0.462 e. The molecule has 0 aromatic heterocycles. The van der Waals surface area contributed by atoms with Crippen molar-refractivity contribution >= 4 is 17.9 Å². The molecule has 0 rings (SSSR count). The smallest absolute Gasteiger partial charge is 0.306 e. The van der Waals surface area contributed by atoms with Gasteiger partial charge in [0, 0.05) is 19.3 Å². The molecule has 0 saturated carbocycles. The lowest BCUT2D eigenvalue weighted by Crippen LogP contribution is -2.30. The van der Waals surface area contributed by atoms with Gasteiger partial charge in [-0.05, 0) is 103 Å². The van der Waals surface area contributed by atoms with Gasteiger partial charge < -0.3 is 14.2 Å². The maximum atomic E-state index is 12.8. The normalized spacial score (nSPS) is 12.8. The lowest BCUT2D eigenvalue weighted by atomic mass is 10.1. The van der Waals surface area contributed by atoms with Crippen molar-refractivity contribution in [3.05, 3.63) is 97.2 Å². The minimum atomic E-state index is -0.784. The van der Waals surface area contributed by atoms with Crippen molar-refractivity contribution in [3.8, 4) is 0 Å². The van der Waals surface area contributed by atoms with Gasteiger partial charge in [0.25, 0.3) is 0 Å². The fourth-order valence-corrected chi connectivity index (χ4v) is 8.12. The zero-order valence-electron chi connectivity index (χ0n) is 46.5. The lowest BCUT2D eigenvalue weighted by molar-refractivity contribution is -0.167. The molecule has 0 bridgehead atoms. The second-order valence-electron chi connectivity index (χ2n) is 19.5. The highest BCUT2D eigenvalue weighted by molar-refractivity contribution is 5.71. The molecular weight excluding hydrogens is 877 g/mol. The van der Waals surface area contributed by atoms with Gasteiger partial charge in [-0.2, -0.15) is 0 Å². The molecule has 0 radical (unpaired) electrons. The van der Waals surface area contributed by atoms with Crippen molar-refractivity contribution < 1.29 is 28.6 Å². The number of carbonyl (C=O) groups is 3. The first-order valence-corrected chi connectivity index (χ1v) is 29.7. The molecule has 0 aliphatic carbocycles. The first-order chi connectivity index (χ1) is 35.0. The van der Waals surface area contributed by atoms with Crippen LogP contribution >= 0.6 is 0 Å². The molecule has 1 atom stereocenters. The Morgan fingerprint density at radius 2 is 0.549 bits per heavy atom. The van der Waals surface area contributed by atoms with Crippen LogP contribution in [0.1, 0.15) is 278 Å². The van der Waals surface area contributed by atoms with Crippen LogP contribution in [0.4, 0.5) is 0 Å². The van der Waals surface area contributed by atoms with Gasteiger partial charge in [0.1, 0.15) is 13.2 Å². The second kappa shape index (κ2) is 58.9. The van der Waals surface area contributed by atoms with Crippen LogP contribution in [0.5, 0.6) is 0 Å². The van der Waals surface area contributed by atoms with Crippen LogP contribution in [0.3, 0.4) is 0 Å². The highest BCUT2D eigenvalue weighted by atomic mass is 16.6. The van der Waals surface area contributed by atoms with Gasteiger partial charge in [0.15, 0.2) is 6.10 Å². The van der Waals surface area contributed by atoms with Crippen molar-refractivity contribution in [1.29, 1.82) is 0 Å². The standard InChI is InChI=1S/C65H110O6/c1-4-7-10-13-16-18-20-22-24-26-28-30-31-32-33-35-36-38-40-42-44-46-49-52-55-58-64(67)70-61-62(60-69-63(66)57-54-51-48-15-12-9-6-3)71-65(68)59-56-53-50-47-45-43-41-39-37-34-29-27-25-23-21-19-17-14-11-8-5-2/h7,10,16,18,21-24,27-30,32-33,36,38,62H,4-6,8-9,11-15,17,19-20,25-26,31,34-35,37,39-61H2,1-3H3/b10-7-,18-16-,23-21-,24-22-,29-27-,30-28-,33-32-,38-36-. The Morgan fingerprint density at radius 1 is 0.296 bits per heavy atom. The van der Waals surface area contributed by atoms with E-state index in [4.69, 9.17) is 14.2 Å². The first-order valence-electron chi connectivity index (χ1n) is 29.7. The van der Waals surface area contributed by atoms with Crippen molar-refractivity contribution in [2.45, 2.75) is 284 Å². The van der Waals surface area contributed by atoms with Crippen molar-refractivity contribution in [2.24, 2.45) is 0 Å². The molecule has 0 fully saturated rings. The predicted molar refractivity (Wildman–Crippen MR) is 307 cm³/mol. The summed E-state index contributed by atoms with van der Waals surface area (Å²) < 4.78 is 16.8. The molecule has 6 nitrogen and oxygen atoms in total. The number of carbonyl (C=O) groups excluding carboxylic acids is 3. The summed E-state index contributed by atoms with van der Waals surface area (Å²) in [4.78, 5) is 38.0. The zero-order chi connectivity index (χ0) is 51.4. The Balaban J connectivity index is 4.23. The molecule has 406 valence electrons. The number of esters is 3. The van der Waals surface area contributed by atoms with Crippen molar-refractivity contribution in [3.63, 3.8) is 0 Å². The number of hydrogen-bond acceptors (Lipinski definition) is 6.